The van der Waals surface area contributed by atoms with Gasteiger partial charge in [0.25, 0.3) is 0 Å². The van der Waals surface area contributed by atoms with Gasteiger partial charge < -0.3 is 16.0 Å². The molecule has 4 N–H and O–H groups in total. The molecule has 0 aliphatic heterocycles. The van der Waals surface area contributed by atoms with Crippen molar-refractivity contribution in [1.82, 2.24) is 0 Å². The maximum atomic E-state index is 9.52. The summed E-state index contributed by atoms with van der Waals surface area (Å²) >= 11 is 0. The Morgan fingerprint density at radius 1 is 1.67 bits per heavy atom. The summed E-state index contributed by atoms with van der Waals surface area (Å²) in [5, 5.41) is 15.7. The summed E-state index contributed by atoms with van der Waals surface area (Å²) < 4.78 is 0. The van der Waals surface area contributed by atoms with Crippen LogP contribution in [0.15, 0.2) is 5.34 Å². The lowest BCUT2D eigenvalue weighted by Crippen LogP contribution is -2.05. The van der Waals surface area contributed by atoms with Crippen LogP contribution in [0.2, 0.25) is 0 Å². The zero-order valence-corrected chi connectivity index (χ0v) is 4.65. The lowest BCUT2D eigenvalue weighted by Gasteiger charge is -1.80. The van der Waals surface area contributed by atoms with Gasteiger partial charge in [-0.05, 0) is 0 Å². The maximum absolute atomic E-state index is 9.52. The average molecular weight is 136 g/mol. The molecular formula is C3H8N2O4. The summed E-state index contributed by atoms with van der Waals surface area (Å²) in [6, 6.07) is 0. The summed E-state index contributed by atoms with van der Waals surface area (Å²) in [5.74, 6) is -0.836. The molecule has 0 saturated carbocycles. The number of nitrogens with two attached hydrogens (primary N) is 1. The third-order valence-electron chi connectivity index (χ3n) is 0.358. The Morgan fingerprint density at radius 3 is 2.00 bits per heavy atom. The Hall–Kier alpha value is -1.17. The third-order valence-corrected chi connectivity index (χ3v) is 0.358. The van der Waals surface area contributed by atoms with Gasteiger partial charge in [0.2, 0.25) is 0 Å². The molecule has 6 heteroatoms. The van der Waals surface area contributed by atoms with Crippen LogP contribution in [0.3, 0.4) is 0 Å². The summed E-state index contributed by atoms with van der Waals surface area (Å²) in [6.45, 7) is 0.231. The fraction of sp³-hybridized carbons (Fsp3) is 0.667. The topological polar surface area (TPSA) is 113 Å². The van der Waals surface area contributed by atoms with E-state index in [2.05, 4.69) is 0 Å². The number of aliphatic carboxylic acids is 1. The smallest absolute Gasteiger partial charge is 0.304 e. The van der Waals surface area contributed by atoms with Gasteiger partial charge in [-0.2, -0.15) is 0 Å². The summed E-state index contributed by atoms with van der Waals surface area (Å²) in [4.78, 5) is 17.6. The number of carbonyl (C=O) groups is 1. The van der Waals surface area contributed by atoms with E-state index >= 15 is 0 Å². The van der Waals surface area contributed by atoms with Gasteiger partial charge in [0.15, 0.2) is 5.34 Å². The van der Waals surface area contributed by atoms with Crippen LogP contribution in [0.1, 0.15) is 6.42 Å². The van der Waals surface area contributed by atoms with E-state index in [1.807, 2.05) is 0 Å². The van der Waals surface area contributed by atoms with E-state index in [0.717, 1.165) is 0 Å². The van der Waals surface area contributed by atoms with Crippen molar-refractivity contribution in [1.29, 1.82) is 0 Å². The molecule has 0 amide bonds. The van der Waals surface area contributed by atoms with Crippen molar-refractivity contribution in [3.8, 4) is 0 Å². The van der Waals surface area contributed by atoms with Gasteiger partial charge >= 0.3 is 5.97 Å². The Morgan fingerprint density at radius 2 is 2.00 bits per heavy atom. The van der Waals surface area contributed by atoms with Crippen LogP contribution in [-0.4, -0.2) is 22.8 Å². The second-order valence-corrected chi connectivity index (χ2v) is 1.01. The Balaban J connectivity index is 0. The Kier molecular flexibility index (Phi) is 11.9. The fourth-order valence-corrected chi connectivity index (χ4v) is 0.123. The molecule has 0 unspecified atom stereocenters. The summed E-state index contributed by atoms with van der Waals surface area (Å²) in [5.41, 5.74) is 4.85. The van der Waals surface area contributed by atoms with Crippen molar-refractivity contribution in [2.45, 2.75) is 6.42 Å². The molecule has 0 atom stereocenters. The molecule has 9 heavy (non-hydrogen) atoms. The van der Waals surface area contributed by atoms with Crippen molar-refractivity contribution in [2.75, 3.05) is 6.54 Å². The first-order valence-electron chi connectivity index (χ1n) is 2.07. The Bertz CT molecular complexity index is 83.9. The highest BCUT2D eigenvalue weighted by Gasteiger charge is 1.87. The molecule has 0 fully saturated rings. The number of carboxylic acids is 1. The summed E-state index contributed by atoms with van der Waals surface area (Å²) in [6.07, 6.45) is 0.0694. The summed E-state index contributed by atoms with van der Waals surface area (Å²) in [7, 11) is 0. The van der Waals surface area contributed by atoms with Crippen molar-refractivity contribution < 1.29 is 15.1 Å². The van der Waals surface area contributed by atoms with Crippen LogP contribution in [0, 0.1) is 4.91 Å². The van der Waals surface area contributed by atoms with Crippen LogP contribution in [0.4, 0.5) is 0 Å². The molecular weight excluding hydrogens is 128 g/mol. The second-order valence-electron chi connectivity index (χ2n) is 1.01. The molecule has 0 bridgehead atoms. The van der Waals surface area contributed by atoms with E-state index in [-0.39, 0.29) is 13.0 Å². The molecule has 0 heterocycles. The average Bonchev–Trinajstić information content (AvgIpc) is 1.67. The zero-order valence-electron chi connectivity index (χ0n) is 4.65. The zero-order chi connectivity index (χ0) is 7.70. The number of rotatable bonds is 2. The molecule has 0 rings (SSSR count). The number of hydrogen-bond donors (Lipinski definition) is 3. The molecule has 0 saturated heterocycles. The first kappa shape index (κ1) is 10.7. The van der Waals surface area contributed by atoms with Gasteiger partial charge in [0.05, 0.1) is 6.42 Å². The van der Waals surface area contributed by atoms with Gasteiger partial charge in [-0.3, -0.25) is 4.79 Å². The lowest BCUT2D eigenvalue weighted by atomic mass is 10.5. The monoisotopic (exact) mass is 136 g/mol. The molecule has 0 spiro atoms. The van der Waals surface area contributed by atoms with Crippen LogP contribution in [-0.2, 0) is 4.79 Å². The number of carboxylic acid groups (broad SMARTS) is 1. The highest BCUT2D eigenvalue weighted by atomic mass is 16.6. The molecule has 0 radical (unpaired) electrons. The standard InChI is InChI=1S/C3H7NO2.HNO2/c4-2-1-3(5)6;2-1-3/h1-2,4H2,(H,5,6);(H,2,3). The van der Waals surface area contributed by atoms with Gasteiger partial charge in [0.1, 0.15) is 0 Å². The van der Waals surface area contributed by atoms with E-state index in [1.165, 1.54) is 5.34 Å². The second kappa shape index (κ2) is 9.95. The molecule has 6 nitrogen and oxygen atoms in total. The maximum Gasteiger partial charge on any atom is 0.304 e. The predicted molar refractivity (Wildman–Crippen MR) is 28.9 cm³/mol. The Labute approximate surface area is 51.2 Å². The molecule has 54 valence electrons. The SMILES string of the molecule is NCCC(=O)O.O=NO. The largest absolute Gasteiger partial charge is 0.481 e. The minimum atomic E-state index is -0.836. The van der Waals surface area contributed by atoms with Crippen LogP contribution in [0.25, 0.3) is 0 Å². The number of hydrogen-bond acceptors (Lipinski definition) is 4. The quantitative estimate of drug-likeness (QED) is 0.352. The normalized spacial score (nSPS) is 6.78. The van der Waals surface area contributed by atoms with Gasteiger partial charge in [-0.1, -0.05) is 0 Å². The first-order valence-corrected chi connectivity index (χ1v) is 2.07. The van der Waals surface area contributed by atoms with Crippen LogP contribution in [0.5, 0.6) is 0 Å². The molecule has 0 aromatic carbocycles. The minimum absolute atomic E-state index is 0.0694. The van der Waals surface area contributed by atoms with Gasteiger partial charge in [-0.15, -0.1) is 4.91 Å². The first-order chi connectivity index (χ1) is 4.18. The predicted octanol–water partition coefficient (Wildman–Crippen LogP) is -0.438. The third kappa shape index (κ3) is 47.6. The van der Waals surface area contributed by atoms with E-state index in [1.54, 1.807) is 0 Å². The van der Waals surface area contributed by atoms with Crippen LogP contribution < -0.4 is 5.73 Å². The van der Waals surface area contributed by atoms with E-state index in [9.17, 15) is 4.79 Å². The van der Waals surface area contributed by atoms with Crippen molar-refractivity contribution in [3.05, 3.63) is 4.91 Å². The minimum Gasteiger partial charge on any atom is -0.481 e. The highest BCUT2D eigenvalue weighted by Crippen LogP contribution is 1.67. The lowest BCUT2D eigenvalue weighted by molar-refractivity contribution is -0.136. The molecule has 0 aliphatic rings. The van der Waals surface area contributed by atoms with E-state index in [4.69, 9.17) is 21.0 Å². The van der Waals surface area contributed by atoms with Crippen LogP contribution >= 0.6 is 0 Å². The van der Waals surface area contributed by atoms with E-state index < -0.39 is 5.97 Å². The van der Waals surface area contributed by atoms with Crippen molar-refractivity contribution >= 4 is 5.97 Å². The van der Waals surface area contributed by atoms with E-state index in [0.29, 0.717) is 0 Å². The molecule has 0 aromatic heterocycles. The number of nitrogens with zero attached hydrogens (tertiary/aromatic N) is 1. The molecule has 0 aromatic rings. The highest BCUT2D eigenvalue weighted by molar-refractivity contribution is 5.66. The molecule has 0 aliphatic carbocycles. The van der Waals surface area contributed by atoms with Crippen molar-refractivity contribution in [3.63, 3.8) is 0 Å². The fourth-order valence-electron chi connectivity index (χ4n) is 0.123. The van der Waals surface area contributed by atoms with Crippen molar-refractivity contribution in [2.24, 2.45) is 11.1 Å². The van der Waals surface area contributed by atoms with Gasteiger partial charge in [-0.25, -0.2) is 0 Å². The van der Waals surface area contributed by atoms with Gasteiger partial charge in [0, 0.05) is 6.54 Å².